The molecule has 2 aliphatic carbocycles. The second kappa shape index (κ2) is 11.8. The van der Waals surface area contributed by atoms with Crippen LogP contribution >= 0.6 is 0 Å². The number of benzene rings is 2. The predicted molar refractivity (Wildman–Crippen MR) is 177 cm³/mol. The number of rotatable bonds is 6. The molecular formula is C38H43F3N4O5. The number of hydrogen-bond acceptors (Lipinski definition) is 5. The van der Waals surface area contributed by atoms with E-state index in [9.17, 15) is 32.7 Å². The van der Waals surface area contributed by atoms with Gasteiger partial charge < -0.3 is 20.1 Å². The lowest BCUT2D eigenvalue weighted by Crippen LogP contribution is -2.81. The van der Waals surface area contributed by atoms with Crippen molar-refractivity contribution in [3.05, 3.63) is 71.4 Å². The highest BCUT2D eigenvalue weighted by Crippen LogP contribution is 2.53. The third-order valence-corrected chi connectivity index (χ3v) is 12.2. The average molecular weight is 693 g/mol. The molecule has 266 valence electrons. The molecule has 3 aliphatic heterocycles. The molecule has 5 aliphatic rings. The van der Waals surface area contributed by atoms with Gasteiger partial charge in [-0.3, -0.25) is 23.9 Å². The Hall–Kier alpha value is -3.90. The smallest absolute Gasteiger partial charge is 0.347 e. The van der Waals surface area contributed by atoms with E-state index in [0.29, 0.717) is 54.2 Å². The van der Waals surface area contributed by atoms with Crippen molar-refractivity contribution in [1.29, 1.82) is 0 Å². The summed E-state index contributed by atoms with van der Waals surface area (Å²) in [6, 6.07) is 12.7. The summed E-state index contributed by atoms with van der Waals surface area (Å²) in [6.45, 7) is 3.85. The Balaban J connectivity index is 1.09. The van der Waals surface area contributed by atoms with Crippen LogP contribution < -0.4 is 5.32 Å². The molecule has 3 amide bonds. The second-order valence-electron chi connectivity index (χ2n) is 15.3. The Morgan fingerprint density at radius 3 is 2.62 bits per heavy atom. The highest BCUT2D eigenvalue weighted by molar-refractivity contribution is 5.97. The van der Waals surface area contributed by atoms with Gasteiger partial charge in [-0.15, -0.1) is 13.2 Å². The van der Waals surface area contributed by atoms with Gasteiger partial charge in [-0.05, 0) is 79.5 Å². The van der Waals surface area contributed by atoms with Crippen LogP contribution in [-0.4, -0.2) is 73.9 Å². The number of nitrogens with one attached hydrogen (secondary N) is 1. The largest absolute Gasteiger partial charge is 0.488 e. The van der Waals surface area contributed by atoms with E-state index in [2.05, 4.69) is 12.2 Å². The van der Waals surface area contributed by atoms with Crippen LogP contribution in [0.4, 0.5) is 13.2 Å². The van der Waals surface area contributed by atoms with E-state index < -0.39 is 41.7 Å². The molecule has 3 saturated heterocycles. The minimum absolute atomic E-state index is 0.0962. The molecule has 4 fully saturated rings. The summed E-state index contributed by atoms with van der Waals surface area (Å²) in [5.74, 6) is -3.58. The van der Waals surface area contributed by atoms with Gasteiger partial charge in [0.1, 0.15) is 17.6 Å². The topological polar surface area (TPSA) is 104 Å². The summed E-state index contributed by atoms with van der Waals surface area (Å²) in [6.07, 6.45) is 1.25. The summed E-state index contributed by atoms with van der Waals surface area (Å²) >= 11 is 0. The van der Waals surface area contributed by atoms with Crippen LogP contribution in [0, 0.1) is 17.8 Å². The summed E-state index contributed by atoms with van der Waals surface area (Å²) < 4.78 is 48.7. The SMILES string of the molecule is CCCC1CC(C(=O)N[C@]2(C)CO[C@@]3(O)[C@@H]4CCCN4C(=O)[C@H](Cc4ccccc4)N3C2=O)C[C@@H]2c3cccc4c3c(cn4C(F)(F)F)CC12. The van der Waals surface area contributed by atoms with Crippen molar-refractivity contribution in [2.24, 2.45) is 17.8 Å². The molecule has 3 aromatic rings. The van der Waals surface area contributed by atoms with Gasteiger partial charge in [0.15, 0.2) is 0 Å². The fourth-order valence-corrected chi connectivity index (χ4v) is 9.97. The first kappa shape index (κ1) is 33.3. The van der Waals surface area contributed by atoms with Crippen LogP contribution in [0.2, 0.25) is 0 Å². The van der Waals surface area contributed by atoms with Gasteiger partial charge in [0.2, 0.25) is 11.8 Å². The van der Waals surface area contributed by atoms with E-state index in [1.165, 1.54) is 17.2 Å². The monoisotopic (exact) mass is 692 g/mol. The summed E-state index contributed by atoms with van der Waals surface area (Å²) in [4.78, 5) is 45.6. The maximum Gasteiger partial charge on any atom is 0.488 e. The van der Waals surface area contributed by atoms with E-state index in [1.807, 2.05) is 36.4 Å². The molecule has 3 unspecified atom stereocenters. The molecule has 1 saturated carbocycles. The van der Waals surface area contributed by atoms with Crippen LogP contribution in [0.3, 0.4) is 0 Å². The van der Waals surface area contributed by atoms with Crippen LogP contribution in [0.5, 0.6) is 0 Å². The van der Waals surface area contributed by atoms with E-state index >= 15 is 0 Å². The molecule has 9 nitrogen and oxygen atoms in total. The van der Waals surface area contributed by atoms with Gasteiger partial charge in [-0.1, -0.05) is 62.2 Å². The number of aromatic nitrogens is 1. The van der Waals surface area contributed by atoms with Crippen molar-refractivity contribution >= 4 is 28.6 Å². The second-order valence-corrected chi connectivity index (χ2v) is 15.3. The normalized spacial score (nSPS) is 33.6. The molecular weight excluding hydrogens is 649 g/mol. The molecule has 0 radical (unpaired) electrons. The van der Waals surface area contributed by atoms with Gasteiger partial charge in [0.05, 0.1) is 12.1 Å². The zero-order chi connectivity index (χ0) is 35.2. The first-order valence-corrected chi connectivity index (χ1v) is 17.9. The van der Waals surface area contributed by atoms with Gasteiger partial charge >= 0.3 is 6.30 Å². The quantitative estimate of drug-likeness (QED) is 0.370. The molecule has 2 aromatic carbocycles. The van der Waals surface area contributed by atoms with E-state index in [1.54, 1.807) is 17.9 Å². The van der Waals surface area contributed by atoms with Gasteiger partial charge in [0.25, 0.3) is 11.8 Å². The lowest BCUT2D eigenvalue weighted by Gasteiger charge is -2.58. The Bertz CT molecular complexity index is 1850. The van der Waals surface area contributed by atoms with Crippen LogP contribution in [0.25, 0.3) is 10.9 Å². The third-order valence-electron chi connectivity index (χ3n) is 12.2. The minimum atomic E-state index is -4.54. The Morgan fingerprint density at radius 2 is 1.88 bits per heavy atom. The predicted octanol–water partition coefficient (Wildman–Crippen LogP) is 5.20. The zero-order valence-corrected chi connectivity index (χ0v) is 28.3. The molecule has 2 N–H and O–H groups in total. The van der Waals surface area contributed by atoms with Gasteiger partial charge in [-0.2, -0.15) is 0 Å². The number of carbonyl (C=O) groups excluding carboxylic acids is 3. The molecule has 4 heterocycles. The third kappa shape index (κ3) is 5.07. The van der Waals surface area contributed by atoms with Crippen molar-refractivity contribution in [3.8, 4) is 0 Å². The number of ether oxygens (including phenoxy) is 1. The average Bonchev–Trinajstić information content (AvgIpc) is 3.74. The number of hydrogen-bond donors (Lipinski definition) is 2. The van der Waals surface area contributed by atoms with Crippen molar-refractivity contribution in [1.82, 2.24) is 19.7 Å². The number of piperazine rings is 1. The van der Waals surface area contributed by atoms with E-state index in [4.69, 9.17) is 4.74 Å². The zero-order valence-electron chi connectivity index (χ0n) is 28.3. The molecule has 50 heavy (non-hydrogen) atoms. The van der Waals surface area contributed by atoms with Crippen LogP contribution in [0.15, 0.2) is 54.7 Å². The fraction of sp³-hybridized carbons (Fsp3) is 0.553. The molecule has 1 aromatic heterocycles. The highest BCUT2D eigenvalue weighted by atomic mass is 19.4. The molecule has 8 atom stereocenters. The number of nitrogens with zero attached hydrogens (tertiary/aromatic N) is 3. The van der Waals surface area contributed by atoms with E-state index in [-0.39, 0.29) is 48.1 Å². The van der Waals surface area contributed by atoms with E-state index in [0.717, 1.165) is 24.0 Å². The first-order valence-electron chi connectivity index (χ1n) is 17.9. The number of carbonyl (C=O) groups is 3. The molecule has 0 spiro atoms. The lowest BCUT2D eigenvalue weighted by molar-refractivity contribution is -0.346. The fourth-order valence-electron chi connectivity index (χ4n) is 9.97. The number of halogens is 3. The number of amides is 3. The number of fused-ring (bicyclic) bond motifs is 5. The maximum absolute atomic E-state index is 14.6. The first-order chi connectivity index (χ1) is 23.8. The molecule has 0 bridgehead atoms. The lowest BCUT2D eigenvalue weighted by atomic mass is 9.60. The van der Waals surface area contributed by atoms with Crippen molar-refractivity contribution in [2.75, 3.05) is 13.2 Å². The van der Waals surface area contributed by atoms with Crippen molar-refractivity contribution in [2.45, 2.75) is 101 Å². The van der Waals surface area contributed by atoms with Gasteiger partial charge in [0, 0.05) is 30.5 Å². The summed E-state index contributed by atoms with van der Waals surface area (Å²) in [5.41, 5.74) is 0.949. The number of alkyl halides is 3. The summed E-state index contributed by atoms with van der Waals surface area (Å²) in [5, 5.41) is 15.7. The van der Waals surface area contributed by atoms with Crippen molar-refractivity contribution in [3.63, 3.8) is 0 Å². The number of aliphatic hydroxyl groups is 1. The molecule has 8 rings (SSSR count). The van der Waals surface area contributed by atoms with Crippen LogP contribution in [-0.2, 0) is 38.3 Å². The van der Waals surface area contributed by atoms with Crippen molar-refractivity contribution < 1.29 is 37.4 Å². The highest BCUT2D eigenvalue weighted by Gasteiger charge is 2.65. The maximum atomic E-state index is 14.6. The summed E-state index contributed by atoms with van der Waals surface area (Å²) in [7, 11) is 0. The van der Waals surface area contributed by atoms with Gasteiger partial charge in [-0.25, -0.2) is 0 Å². The Labute approximate surface area is 288 Å². The standard InChI is InChI=1S/C38H43F3N4O5/c1-3-9-23-17-24(18-28-26-12-7-13-29-32(26)25(19-27(23)28)20-44(29)38(39,40)41)33(46)42-36(2)21-50-37(49)31-14-8-15-43(31)34(47)30(45(37)35(36)48)16-22-10-5-4-6-11-22/h4-7,10-13,20,23-24,27-28,30-31,49H,3,8-9,14-19,21H2,1-2H3,(H,42,46)/t23?,24?,27?,28-,30+,31+,36-,37+/m1/s1. The minimum Gasteiger partial charge on any atom is -0.347 e. The van der Waals surface area contributed by atoms with Crippen LogP contribution in [0.1, 0.15) is 75.0 Å². The Kier molecular flexibility index (Phi) is 7.87. The Morgan fingerprint density at radius 1 is 1.10 bits per heavy atom. The molecule has 12 heteroatoms.